The van der Waals surface area contributed by atoms with Crippen LogP contribution >= 0.6 is 0 Å². The lowest BCUT2D eigenvalue weighted by Crippen LogP contribution is -2.55. The van der Waals surface area contributed by atoms with Gasteiger partial charge < -0.3 is 15.1 Å². The molecular weight excluding hydrogens is 357 g/mol. The largest absolute Gasteiger partial charge is 0.351 e. The number of nitrogens with one attached hydrogen (secondary N) is 1. The number of carbonyl (C=O) groups is 2. The van der Waals surface area contributed by atoms with Crippen molar-refractivity contribution in [3.05, 3.63) is 59.4 Å². The maximum Gasteiger partial charge on any atom is 0.257 e. The number of rotatable bonds is 3. The van der Waals surface area contributed by atoms with Gasteiger partial charge in [-0.1, -0.05) is 12.5 Å². The molecule has 28 heavy (non-hydrogen) atoms. The molecule has 0 saturated carbocycles. The molecule has 146 valence electrons. The van der Waals surface area contributed by atoms with Crippen LogP contribution in [-0.4, -0.2) is 36.0 Å². The third-order valence-electron chi connectivity index (χ3n) is 5.56. The van der Waals surface area contributed by atoms with Crippen molar-refractivity contribution in [2.24, 2.45) is 0 Å². The van der Waals surface area contributed by atoms with Crippen molar-refractivity contribution in [2.75, 3.05) is 23.3 Å². The molecule has 0 spiro atoms. The molecule has 0 aliphatic carbocycles. The third-order valence-corrected chi connectivity index (χ3v) is 5.56. The molecule has 2 aromatic rings. The fourth-order valence-electron chi connectivity index (χ4n) is 4.21. The van der Waals surface area contributed by atoms with E-state index in [2.05, 4.69) is 17.1 Å². The predicted octanol–water partition coefficient (Wildman–Crippen LogP) is 4.26. The van der Waals surface area contributed by atoms with Gasteiger partial charge in [-0.25, -0.2) is 4.39 Å². The van der Waals surface area contributed by atoms with E-state index in [4.69, 9.17) is 0 Å². The second-order valence-electron chi connectivity index (χ2n) is 7.31. The van der Waals surface area contributed by atoms with Crippen LogP contribution in [0.1, 0.15) is 53.3 Å². The Balaban J connectivity index is 1.66. The highest BCUT2D eigenvalue weighted by Crippen LogP contribution is 2.35. The lowest BCUT2D eigenvalue weighted by molar-refractivity contribution is 0.0656. The highest BCUT2D eigenvalue weighted by Gasteiger charge is 2.37. The molecule has 0 aromatic heterocycles. The molecule has 1 atom stereocenters. The number of amides is 2. The second-order valence-corrected chi connectivity index (χ2v) is 7.31. The van der Waals surface area contributed by atoms with Gasteiger partial charge in [0.05, 0.1) is 11.3 Å². The monoisotopic (exact) mass is 381 g/mol. The second kappa shape index (κ2) is 7.62. The Kier molecular flexibility index (Phi) is 5.03. The summed E-state index contributed by atoms with van der Waals surface area (Å²) < 4.78 is 13.4. The van der Waals surface area contributed by atoms with Crippen LogP contribution in [0.4, 0.5) is 15.8 Å². The fraction of sp³-hybridized carbons (Fsp3) is 0.364. The Bertz CT molecular complexity index is 914. The van der Waals surface area contributed by atoms with Crippen molar-refractivity contribution in [3.63, 3.8) is 0 Å². The highest BCUT2D eigenvalue weighted by molar-refractivity contribution is 6.08. The molecule has 2 aliphatic rings. The van der Waals surface area contributed by atoms with Crippen molar-refractivity contribution in [1.82, 2.24) is 4.90 Å². The number of hydrogen-bond acceptors (Lipinski definition) is 3. The average molecular weight is 381 g/mol. The summed E-state index contributed by atoms with van der Waals surface area (Å²) in [5, 5.41) is 2.72. The van der Waals surface area contributed by atoms with Crippen molar-refractivity contribution >= 4 is 23.2 Å². The van der Waals surface area contributed by atoms with Gasteiger partial charge >= 0.3 is 0 Å². The van der Waals surface area contributed by atoms with E-state index in [1.807, 2.05) is 4.90 Å². The van der Waals surface area contributed by atoms with Crippen LogP contribution in [0.25, 0.3) is 0 Å². The van der Waals surface area contributed by atoms with Crippen LogP contribution in [0.5, 0.6) is 0 Å². The summed E-state index contributed by atoms with van der Waals surface area (Å²) in [5.41, 5.74) is 2.31. The molecule has 2 aliphatic heterocycles. The van der Waals surface area contributed by atoms with Gasteiger partial charge in [0.1, 0.15) is 12.0 Å². The molecule has 5 nitrogen and oxygen atoms in total. The molecule has 0 radical (unpaired) electrons. The molecule has 0 bridgehead atoms. The number of benzene rings is 2. The van der Waals surface area contributed by atoms with Crippen LogP contribution in [0.2, 0.25) is 0 Å². The number of fused-ring (bicyclic) bond motifs is 2. The minimum atomic E-state index is -0.403. The zero-order valence-corrected chi connectivity index (χ0v) is 16.0. The van der Waals surface area contributed by atoms with Crippen molar-refractivity contribution in [2.45, 2.75) is 38.8 Å². The predicted molar refractivity (Wildman–Crippen MR) is 107 cm³/mol. The molecule has 6 heteroatoms. The van der Waals surface area contributed by atoms with E-state index >= 15 is 0 Å². The lowest BCUT2D eigenvalue weighted by atomic mass is 10.0. The van der Waals surface area contributed by atoms with Crippen LogP contribution in [0.3, 0.4) is 0 Å². The minimum Gasteiger partial charge on any atom is -0.351 e. The molecule has 0 unspecified atom stereocenters. The first-order valence-corrected chi connectivity index (χ1v) is 9.87. The molecular formula is C22H24FN3O2. The maximum absolute atomic E-state index is 13.4. The smallest absolute Gasteiger partial charge is 0.257 e. The van der Waals surface area contributed by atoms with Crippen molar-refractivity contribution in [3.8, 4) is 0 Å². The first-order chi connectivity index (χ1) is 13.6. The van der Waals surface area contributed by atoms with E-state index in [-0.39, 0.29) is 18.0 Å². The minimum absolute atomic E-state index is 0.0451. The highest BCUT2D eigenvalue weighted by atomic mass is 19.1. The summed E-state index contributed by atoms with van der Waals surface area (Å²) in [6.07, 6.45) is 4.26. The van der Waals surface area contributed by atoms with Gasteiger partial charge in [0, 0.05) is 24.3 Å². The molecule has 1 N–H and O–H groups in total. The van der Waals surface area contributed by atoms with Gasteiger partial charge in [-0.3, -0.25) is 9.59 Å². The lowest BCUT2D eigenvalue weighted by Gasteiger charge is -2.44. The van der Waals surface area contributed by atoms with E-state index in [0.717, 1.165) is 44.5 Å². The topological polar surface area (TPSA) is 52.7 Å². The van der Waals surface area contributed by atoms with Crippen LogP contribution in [-0.2, 0) is 0 Å². The molecule has 1 fully saturated rings. The van der Waals surface area contributed by atoms with E-state index < -0.39 is 5.82 Å². The van der Waals surface area contributed by atoms with Gasteiger partial charge in [0.25, 0.3) is 11.8 Å². The van der Waals surface area contributed by atoms with Crippen molar-refractivity contribution < 1.29 is 14.0 Å². The first kappa shape index (κ1) is 18.5. The summed E-state index contributed by atoms with van der Waals surface area (Å²) in [6.45, 7) is 3.61. The van der Waals surface area contributed by atoms with Crippen molar-refractivity contribution in [1.29, 1.82) is 0 Å². The number of carbonyl (C=O) groups excluding carboxylic acids is 2. The maximum atomic E-state index is 13.4. The number of nitrogens with zero attached hydrogens (tertiary/aromatic N) is 2. The summed E-state index contributed by atoms with van der Waals surface area (Å²) in [4.78, 5) is 29.9. The average Bonchev–Trinajstić information content (AvgIpc) is 2.94. The van der Waals surface area contributed by atoms with Gasteiger partial charge in [-0.2, -0.15) is 0 Å². The molecule has 1 saturated heterocycles. The van der Waals surface area contributed by atoms with E-state index in [1.165, 1.54) is 12.1 Å². The standard InChI is InChI=1S/C22H24FN3O2/c1-2-25-19-13-15(21(27)24-17-8-6-7-16(23)14-17)10-11-18(19)22(28)26-12-5-3-4-9-20(25)26/h6-8,10-11,13-14,20H,2-5,9,12H2,1H3,(H,24,27)/t20-/m0/s1. The molecule has 2 aromatic carbocycles. The van der Waals surface area contributed by atoms with Crippen LogP contribution in [0.15, 0.2) is 42.5 Å². The Labute approximate surface area is 164 Å². The van der Waals surface area contributed by atoms with Gasteiger partial charge in [0.15, 0.2) is 0 Å². The number of anilines is 2. The number of halogens is 1. The van der Waals surface area contributed by atoms with E-state index in [1.54, 1.807) is 30.3 Å². The van der Waals surface area contributed by atoms with E-state index in [0.29, 0.717) is 16.8 Å². The summed E-state index contributed by atoms with van der Waals surface area (Å²) in [5.74, 6) is -0.677. The summed E-state index contributed by atoms with van der Waals surface area (Å²) in [6, 6.07) is 11.0. The molecule has 2 amide bonds. The van der Waals surface area contributed by atoms with Crippen LogP contribution < -0.4 is 10.2 Å². The quantitative estimate of drug-likeness (QED) is 0.864. The SMILES string of the molecule is CCN1c2cc(C(=O)Nc3cccc(F)c3)ccc2C(=O)N2CCCCC[C@H]21. The Morgan fingerprint density at radius 1 is 1.18 bits per heavy atom. The van der Waals surface area contributed by atoms with Gasteiger partial charge in [0.2, 0.25) is 0 Å². The normalized spacial score (nSPS) is 18.9. The zero-order chi connectivity index (χ0) is 19.7. The Morgan fingerprint density at radius 2 is 2.04 bits per heavy atom. The fourth-order valence-corrected chi connectivity index (χ4v) is 4.21. The summed E-state index contributed by atoms with van der Waals surface area (Å²) in [7, 11) is 0. The Morgan fingerprint density at radius 3 is 2.82 bits per heavy atom. The molecule has 2 heterocycles. The van der Waals surface area contributed by atoms with Gasteiger partial charge in [-0.15, -0.1) is 0 Å². The Hall–Kier alpha value is -2.89. The third kappa shape index (κ3) is 3.35. The first-order valence-electron chi connectivity index (χ1n) is 9.87. The zero-order valence-electron chi connectivity index (χ0n) is 16.0. The number of hydrogen-bond donors (Lipinski definition) is 1. The van der Waals surface area contributed by atoms with E-state index in [9.17, 15) is 14.0 Å². The van der Waals surface area contributed by atoms with Gasteiger partial charge in [-0.05, 0) is 62.6 Å². The summed E-state index contributed by atoms with van der Waals surface area (Å²) >= 11 is 0. The molecule has 4 rings (SSSR count). The van der Waals surface area contributed by atoms with Crippen LogP contribution in [0, 0.1) is 5.82 Å².